The third-order valence-corrected chi connectivity index (χ3v) is 4.63. The van der Waals surface area contributed by atoms with Crippen molar-refractivity contribution in [3.63, 3.8) is 0 Å². The average molecular weight is 376 g/mol. The van der Waals surface area contributed by atoms with Crippen LogP contribution in [0.15, 0.2) is 29.6 Å². The number of carbonyl (C=O) groups excluding carboxylic acids is 2. The molecule has 1 aromatic carbocycles. The first-order chi connectivity index (χ1) is 10.9. The number of ether oxygens (including phenoxy) is 1. The summed E-state index contributed by atoms with van der Waals surface area (Å²) in [6, 6.07) is 5.11. The summed E-state index contributed by atoms with van der Waals surface area (Å²) in [7, 11) is 1.26. The molecule has 1 unspecified atom stereocenters. The second-order valence-electron chi connectivity index (χ2n) is 4.57. The Hall–Kier alpha value is -1.63. The lowest BCUT2D eigenvalue weighted by molar-refractivity contribution is -0.141. The molecule has 4 nitrogen and oxygen atoms in total. The number of halogens is 3. The number of hydrogen-bond acceptors (Lipinski definition) is 4. The Balaban J connectivity index is 2.24. The van der Waals surface area contributed by atoms with Gasteiger partial charge in [0.1, 0.15) is 5.82 Å². The van der Waals surface area contributed by atoms with Crippen LogP contribution in [0.3, 0.4) is 0 Å². The predicted molar refractivity (Wildman–Crippen MR) is 87.6 cm³/mol. The molecule has 1 aromatic heterocycles. The zero-order chi connectivity index (χ0) is 17.0. The van der Waals surface area contributed by atoms with Crippen molar-refractivity contribution in [2.75, 3.05) is 7.11 Å². The van der Waals surface area contributed by atoms with Gasteiger partial charge in [0.25, 0.3) is 5.91 Å². The smallest absolute Gasteiger partial charge is 0.307 e. The second-order valence-corrected chi connectivity index (χ2v) is 6.36. The van der Waals surface area contributed by atoms with Gasteiger partial charge >= 0.3 is 5.97 Å². The van der Waals surface area contributed by atoms with Crippen LogP contribution in [-0.2, 0) is 9.53 Å². The van der Waals surface area contributed by atoms with Crippen LogP contribution in [0, 0.1) is 5.82 Å². The largest absolute Gasteiger partial charge is 0.469 e. The number of esters is 1. The van der Waals surface area contributed by atoms with Crippen LogP contribution in [0.5, 0.6) is 0 Å². The van der Waals surface area contributed by atoms with Gasteiger partial charge in [0, 0.05) is 4.88 Å². The van der Waals surface area contributed by atoms with Crippen molar-refractivity contribution < 1.29 is 18.7 Å². The fraction of sp³-hybridized carbons (Fsp3) is 0.200. The Morgan fingerprint density at radius 2 is 2.09 bits per heavy atom. The van der Waals surface area contributed by atoms with Crippen molar-refractivity contribution >= 4 is 46.4 Å². The van der Waals surface area contributed by atoms with E-state index in [9.17, 15) is 14.0 Å². The van der Waals surface area contributed by atoms with E-state index in [1.807, 2.05) is 5.38 Å². The van der Waals surface area contributed by atoms with E-state index >= 15 is 0 Å². The van der Waals surface area contributed by atoms with Crippen LogP contribution in [0.25, 0.3) is 0 Å². The summed E-state index contributed by atoms with van der Waals surface area (Å²) in [5, 5.41) is 4.34. The fourth-order valence-electron chi connectivity index (χ4n) is 1.89. The minimum Gasteiger partial charge on any atom is -0.469 e. The van der Waals surface area contributed by atoms with E-state index in [-0.39, 0.29) is 22.0 Å². The van der Waals surface area contributed by atoms with E-state index in [4.69, 9.17) is 23.2 Å². The maximum absolute atomic E-state index is 13.6. The van der Waals surface area contributed by atoms with Crippen molar-refractivity contribution in [1.82, 2.24) is 5.32 Å². The van der Waals surface area contributed by atoms with Gasteiger partial charge in [-0.3, -0.25) is 9.59 Å². The van der Waals surface area contributed by atoms with E-state index in [0.717, 1.165) is 17.0 Å². The maximum atomic E-state index is 13.6. The molecule has 1 atom stereocenters. The lowest BCUT2D eigenvalue weighted by Crippen LogP contribution is -2.30. The number of rotatable bonds is 5. The highest BCUT2D eigenvalue weighted by Crippen LogP contribution is 2.27. The standard InChI is InChI=1S/C15H12Cl2FNO3S/c1-22-14(20)7-12(13-3-2-4-23-13)19-15(21)8-5-11(18)10(17)6-9(8)16/h2-6,12H,7H2,1H3,(H,19,21). The van der Waals surface area contributed by atoms with Crippen molar-refractivity contribution in [3.05, 3.63) is 55.9 Å². The predicted octanol–water partition coefficient (Wildman–Crippen LogP) is 4.23. The van der Waals surface area contributed by atoms with E-state index < -0.39 is 23.7 Å². The molecule has 2 rings (SSSR count). The van der Waals surface area contributed by atoms with E-state index in [0.29, 0.717) is 0 Å². The SMILES string of the molecule is COC(=O)CC(NC(=O)c1cc(F)c(Cl)cc1Cl)c1cccs1. The molecule has 23 heavy (non-hydrogen) atoms. The normalized spacial score (nSPS) is 11.8. The molecule has 8 heteroatoms. The maximum Gasteiger partial charge on any atom is 0.307 e. The molecule has 0 aliphatic carbocycles. The van der Waals surface area contributed by atoms with Crippen LogP contribution in [0.4, 0.5) is 4.39 Å². The number of hydrogen-bond donors (Lipinski definition) is 1. The minimum absolute atomic E-state index is 0.0249. The lowest BCUT2D eigenvalue weighted by Gasteiger charge is -2.17. The van der Waals surface area contributed by atoms with Crippen LogP contribution < -0.4 is 5.32 Å². The number of nitrogens with one attached hydrogen (secondary N) is 1. The van der Waals surface area contributed by atoms with Crippen molar-refractivity contribution in [2.24, 2.45) is 0 Å². The second kappa shape index (κ2) is 7.77. The van der Waals surface area contributed by atoms with Gasteiger partial charge in [-0.05, 0) is 23.6 Å². The van der Waals surface area contributed by atoms with Gasteiger partial charge in [-0.1, -0.05) is 29.3 Å². The third kappa shape index (κ3) is 4.43. The Labute approximate surface area is 146 Å². The van der Waals surface area contributed by atoms with Gasteiger partial charge in [-0.15, -0.1) is 11.3 Å². The Morgan fingerprint density at radius 3 is 2.70 bits per heavy atom. The number of amides is 1. The molecule has 0 radical (unpaired) electrons. The Morgan fingerprint density at radius 1 is 1.35 bits per heavy atom. The van der Waals surface area contributed by atoms with Crippen LogP contribution in [0.2, 0.25) is 10.0 Å². The summed E-state index contributed by atoms with van der Waals surface area (Å²) in [6.45, 7) is 0. The molecule has 0 saturated carbocycles. The summed E-state index contributed by atoms with van der Waals surface area (Å²) in [6.07, 6.45) is -0.0452. The molecule has 0 aliphatic heterocycles. The summed E-state index contributed by atoms with van der Waals surface area (Å²) in [5.41, 5.74) is -0.0556. The molecule has 1 N–H and O–H groups in total. The summed E-state index contributed by atoms with van der Waals surface area (Å²) in [5.74, 6) is -1.83. The average Bonchev–Trinajstić information content (AvgIpc) is 3.04. The molecular weight excluding hydrogens is 364 g/mol. The molecule has 0 bridgehead atoms. The molecule has 2 aromatic rings. The molecule has 0 fully saturated rings. The Bertz CT molecular complexity index is 722. The van der Waals surface area contributed by atoms with Crippen molar-refractivity contribution in [1.29, 1.82) is 0 Å². The third-order valence-electron chi connectivity index (χ3n) is 3.05. The molecule has 122 valence electrons. The highest BCUT2D eigenvalue weighted by molar-refractivity contribution is 7.10. The molecule has 1 heterocycles. The molecular formula is C15H12Cl2FNO3S. The van der Waals surface area contributed by atoms with E-state index in [1.165, 1.54) is 18.4 Å². The number of carbonyl (C=O) groups is 2. The molecule has 0 spiro atoms. The van der Waals surface area contributed by atoms with E-state index in [1.54, 1.807) is 12.1 Å². The number of methoxy groups -OCH3 is 1. The first kappa shape index (κ1) is 17.7. The summed E-state index contributed by atoms with van der Waals surface area (Å²) in [4.78, 5) is 24.7. The lowest BCUT2D eigenvalue weighted by atomic mass is 10.1. The van der Waals surface area contributed by atoms with Gasteiger partial charge in [-0.25, -0.2) is 4.39 Å². The first-order valence-electron chi connectivity index (χ1n) is 6.48. The van der Waals surface area contributed by atoms with Crippen molar-refractivity contribution in [3.8, 4) is 0 Å². The van der Waals surface area contributed by atoms with Gasteiger partial charge < -0.3 is 10.1 Å². The molecule has 0 aliphatic rings. The summed E-state index contributed by atoms with van der Waals surface area (Å²) < 4.78 is 18.2. The zero-order valence-corrected chi connectivity index (χ0v) is 14.3. The first-order valence-corrected chi connectivity index (χ1v) is 8.11. The van der Waals surface area contributed by atoms with Crippen LogP contribution in [-0.4, -0.2) is 19.0 Å². The van der Waals surface area contributed by atoms with E-state index in [2.05, 4.69) is 10.1 Å². The fourth-order valence-corrected chi connectivity index (χ4v) is 3.14. The van der Waals surface area contributed by atoms with Gasteiger partial charge in [-0.2, -0.15) is 0 Å². The van der Waals surface area contributed by atoms with Crippen molar-refractivity contribution in [2.45, 2.75) is 12.5 Å². The van der Waals surface area contributed by atoms with Crippen LogP contribution >= 0.6 is 34.5 Å². The molecule has 1 amide bonds. The topological polar surface area (TPSA) is 55.4 Å². The minimum atomic E-state index is -0.748. The molecule has 0 saturated heterocycles. The van der Waals surface area contributed by atoms with Gasteiger partial charge in [0.05, 0.1) is 35.2 Å². The Kier molecular flexibility index (Phi) is 5.98. The highest BCUT2D eigenvalue weighted by Gasteiger charge is 2.22. The van der Waals surface area contributed by atoms with Gasteiger partial charge in [0.15, 0.2) is 0 Å². The number of thiophene rings is 1. The van der Waals surface area contributed by atoms with Gasteiger partial charge in [0.2, 0.25) is 0 Å². The van der Waals surface area contributed by atoms with Crippen LogP contribution in [0.1, 0.15) is 27.7 Å². The number of benzene rings is 1. The zero-order valence-electron chi connectivity index (χ0n) is 11.9. The summed E-state index contributed by atoms with van der Waals surface area (Å²) >= 11 is 12.9. The quantitative estimate of drug-likeness (QED) is 0.628. The monoisotopic (exact) mass is 375 g/mol. The highest BCUT2D eigenvalue weighted by atomic mass is 35.5.